The molecule has 1 heterocycles. The summed E-state index contributed by atoms with van der Waals surface area (Å²) in [6.45, 7) is -0.964. The van der Waals surface area contributed by atoms with Crippen LogP contribution in [-0.2, 0) is 16.7 Å². The van der Waals surface area contributed by atoms with Crippen LogP contribution in [0.3, 0.4) is 0 Å². The smallest absolute Gasteiger partial charge is 0.265 e. The van der Waals surface area contributed by atoms with Gasteiger partial charge in [0.25, 0.3) is 10.0 Å². The van der Waals surface area contributed by atoms with E-state index in [0.717, 1.165) is 4.90 Å². The number of hydrogen-bond donors (Lipinski definition) is 1. The Balaban J connectivity index is 2.23. The highest BCUT2D eigenvalue weighted by Gasteiger charge is 2.24. The number of urea groups is 1. The number of carbonyl (C=O) groups excluding carboxylic acids is 1. The van der Waals surface area contributed by atoms with Gasteiger partial charge < -0.3 is 0 Å². The Morgan fingerprint density at radius 2 is 1.91 bits per heavy atom. The van der Waals surface area contributed by atoms with Crippen molar-refractivity contribution in [2.24, 2.45) is 0 Å². The van der Waals surface area contributed by atoms with Gasteiger partial charge in [-0.05, 0) is 6.07 Å². The predicted octanol–water partition coefficient (Wildman–Crippen LogP) is 0.876. The zero-order chi connectivity index (χ0) is 16.2. The number of amides is 2. The van der Waals surface area contributed by atoms with E-state index in [-0.39, 0.29) is 16.4 Å². The molecule has 0 aliphatic carbocycles. The van der Waals surface area contributed by atoms with Crippen LogP contribution in [-0.4, -0.2) is 36.4 Å². The van der Waals surface area contributed by atoms with Crippen molar-refractivity contribution >= 4 is 22.0 Å². The van der Waals surface area contributed by atoms with Gasteiger partial charge in [-0.25, -0.2) is 37.3 Å². The number of nitrogens with zero attached hydrogens (tertiary/aromatic N) is 4. The Labute approximate surface area is 126 Å². The summed E-state index contributed by atoms with van der Waals surface area (Å²) < 4.78 is 39.1. The normalized spacial score (nSPS) is 11.0. The van der Waals surface area contributed by atoms with E-state index in [9.17, 15) is 17.6 Å². The van der Waals surface area contributed by atoms with Crippen molar-refractivity contribution in [1.82, 2.24) is 19.7 Å². The molecular formula is C12H12FN5O3S. The van der Waals surface area contributed by atoms with Crippen molar-refractivity contribution < 1.29 is 17.6 Å². The second-order valence-corrected chi connectivity index (χ2v) is 5.80. The lowest BCUT2D eigenvalue weighted by molar-refractivity contribution is 0.252. The molecule has 1 aromatic carbocycles. The van der Waals surface area contributed by atoms with Gasteiger partial charge in [-0.2, -0.15) is 0 Å². The number of aromatic nitrogens is 3. The molecule has 0 radical (unpaired) electrons. The van der Waals surface area contributed by atoms with Gasteiger partial charge >= 0.3 is 6.03 Å². The van der Waals surface area contributed by atoms with Crippen LogP contribution in [0.5, 0.6) is 0 Å². The number of anilines is 1. The summed E-state index contributed by atoms with van der Waals surface area (Å²) in [7, 11) is -2.91. The first-order valence-electron chi connectivity index (χ1n) is 6.02. The van der Waals surface area contributed by atoms with E-state index in [2.05, 4.69) is 15.0 Å². The summed E-state index contributed by atoms with van der Waals surface area (Å²) >= 11 is 0. The first kappa shape index (κ1) is 15.8. The van der Waals surface area contributed by atoms with Crippen LogP contribution >= 0.6 is 0 Å². The third kappa shape index (κ3) is 3.34. The maximum atomic E-state index is 12.9. The van der Waals surface area contributed by atoms with E-state index < -0.39 is 22.7 Å². The molecule has 0 saturated heterocycles. The van der Waals surface area contributed by atoms with E-state index in [4.69, 9.17) is 0 Å². The van der Waals surface area contributed by atoms with E-state index in [1.54, 1.807) is 0 Å². The summed E-state index contributed by atoms with van der Waals surface area (Å²) in [6, 6.07) is 4.52. The van der Waals surface area contributed by atoms with Crippen LogP contribution < -0.4 is 9.62 Å². The molecule has 0 bridgehead atoms. The van der Waals surface area contributed by atoms with Crippen molar-refractivity contribution in [3.05, 3.63) is 42.5 Å². The van der Waals surface area contributed by atoms with E-state index in [0.29, 0.717) is 0 Å². The first-order valence-corrected chi connectivity index (χ1v) is 7.50. The molecular weight excluding hydrogens is 313 g/mol. The summed E-state index contributed by atoms with van der Waals surface area (Å²) in [5, 5.41) is 0. The molecule has 1 N–H and O–H groups in total. The van der Waals surface area contributed by atoms with Gasteiger partial charge in [-0.15, -0.1) is 0 Å². The summed E-state index contributed by atoms with van der Waals surface area (Å²) in [5.74, 6) is -0.0264. The molecule has 8 nitrogen and oxygen atoms in total. The molecule has 22 heavy (non-hydrogen) atoms. The molecule has 2 aromatic rings. The fourth-order valence-corrected chi connectivity index (χ4v) is 2.81. The maximum Gasteiger partial charge on any atom is 0.337 e. The Bertz CT molecular complexity index is 769. The van der Waals surface area contributed by atoms with Crippen molar-refractivity contribution in [3.63, 3.8) is 0 Å². The van der Waals surface area contributed by atoms with Gasteiger partial charge in [0.05, 0.1) is 4.90 Å². The SMILES string of the molecule is CN(C(=O)NS(=O)(=O)c1ccccc1CF)c1ncncn1. The van der Waals surface area contributed by atoms with Crippen LogP contribution in [0.1, 0.15) is 5.56 Å². The highest BCUT2D eigenvalue weighted by Crippen LogP contribution is 2.16. The van der Waals surface area contributed by atoms with Gasteiger partial charge in [-0.1, -0.05) is 18.2 Å². The van der Waals surface area contributed by atoms with E-state index in [1.807, 2.05) is 4.72 Å². The lowest BCUT2D eigenvalue weighted by Gasteiger charge is -2.16. The van der Waals surface area contributed by atoms with Crippen molar-refractivity contribution in [2.45, 2.75) is 11.6 Å². The average Bonchev–Trinajstić information content (AvgIpc) is 2.54. The van der Waals surface area contributed by atoms with Gasteiger partial charge in [0, 0.05) is 12.6 Å². The molecule has 0 aliphatic heterocycles. The largest absolute Gasteiger partial charge is 0.337 e. The van der Waals surface area contributed by atoms with Gasteiger partial charge in [0.2, 0.25) is 5.95 Å². The molecule has 0 fully saturated rings. The van der Waals surface area contributed by atoms with E-state index >= 15 is 0 Å². The number of rotatable bonds is 4. The molecule has 116 valence electrons. The minimum absolute atomic E-state index is 0.0264. The van der Waals surface area contributed by atoms with Crippen molar-refractivity contribution in [1.29, 1.82) is 0 Å². The monoisotopic (exact) mass is 325 g/mol. The maximum absolute atomic E-state index is 12.9. The van der Waals surface area contributed by atoms with Crippen molar-refractivity contribution in [3.8, 4) is 0 Å². The third-order valence-electron chi connectivity index (χ3n) is 2.71. The minimum atomic E-state index is -4.21. The summed E-state index contributed by atoms with van der Waals surface area (Å²) in [5.41, 5.74) is -0.0365. The highest BCUT2D eigenvalue weighted by atomic mass is 32.2. The number of alkyl halides is 1. The number of sulfonamides is 1. The zero-order valence-electron chi connectivity index (χ0n) is 11.5. The first-order chi connectivity index (χ1) is 10.5. The number of carbonyl (C=O) groups is 1. The Morgan fingerprint density at radius 3 is 2.55 bits per heavy atom. The molecule has 0 saturated carbocycles. The van der Waals surface area contributed by atoms with Crippen molar-refractivity contribution in [2.75, 3.05) is 11.9 Å². The Morgan fingerprint density at radius 1 is 1.27 bits per heavy atom. The number of benzene rings is 1. The minimum Gasteiger partial charge on any atom is -0.265 e. The molecule has 1 aromatic heterocycles. The molecule has 0 aliphatic rings. The molecule has 0 unspecified atom stereocenters. The quantitative estimate of drug-likeness (QED) is 0.894. The Kier molecular flexibility index (Phi) is 4.61. The molecule has 10 heteroatoms. The molecule has 2 rings (SSSR count). The zero-order valence-corrected chi connectivity index (χ0v) is 12.3. The van der Waals surface area contributed by atoms with Crippen LogP contribution in [0.2, 0.25) is 0 Å². The second-order valence-electron chi connectivity index (χ2n) is 4.15. The molecule has 0 atom stereocenters. The van der Waals surface area contributed by atoms with Crippen LogP contribution in [0.4, 0.5) is 15.1 Å². The van der Waals surface area contributed by atoms with E-state index in [1.165, 1.54) is 44.0 Å². The third-order valence-corrected chi connectivity index (χ3v) is 4.13. The summed E-state index contributed by atoms with van der Waals surface area (Å²) in [6.07, 6.45) is 2.33. The second kappa shape index (κ2) is 6.43. The molecule has 0 spiro atoms. The summed E-state index contributed by atoms with van der Waals surface area (Å²) in [4.78, 5) is 23.6. The number of halogens is 1. The number of hydrogen-bond acceptors (Lipinski definition) is 6. The van der Waals surface area contributed by atoms with Gasteiger partial charge in [0.1, 0.15) is 19.3 Å². The lowest BCUT2D eigenvalue weighted by Crippen LogP contribution is -2.41. The fourth-order valence-electron chi connectivity index (χ4n) is 1.61. The van der Waals surface area contributed by atoms with Gasteiger partial charge in [-0.3, -0.25) is 4.90 Å². The van der Waals surface area contributed by atoms with Gasteiger partial charge in [0.15, 0.2) is 0 Å². The standard InChI is InChI=1S/C12H12FN5O3S/c1-18(11-15-7-14-8-16-11)12(19)17-22(20,21)10-5-3-2-4-9(10)6-13/h2-5,7-8H,6H2,1H3,(H,17,19). The predicted molar refractivity (Wildman–Crippen MR) is 75.2 cm³/mol. The highest BCUT2D eigenvalue weighted by molar-refractivity contribution is 7.90. The topological polar surface area (TPSA) is 105 Å². The Hall–Kier alpha value is -2.62. The lowest BCUT2D eigenvalue weighted by atomic mass is 10.2. The number of nitrogens with one attached hydrogen (secondary N) is 1. The molecule has 2 amide bonds. The average molecular weight is 325 g/mol. The van der Waals surface area contributed by atoms with Crippen LogP contribution in [0.25, 0.3) is 0 Å². The fraction of sp³-hybridized carbons (Fsp3) is 0.167. The van der Waals surface area contributed by atoms with Crippen LogP contribution in [0, 0.1) is 0 Å². The van der Waals surface area contributed by atoms with Crippen LogP contribution in [0.15, 0.2) is 41.8 Å².